The lowest BCUT2D eigenvalue weighted by atomic mass is 10.1. The minimum Gasteiger partial charge on any atom is -0.444 e. The number of nitrogens with one attached hydrogen (secondary N) is 2. The van der Waals surface area contributed by atoms with Crippen LogP contribution in [-0.4, -0.2) is 51.2 Å². The molecule has 0 bridgehead atoms. The van der Waals surface area contributed by atoms with Gasteiger partial charge in [0, 0.05) is 11.4 Å². The molecule has 0 saturated carbocycles. The Kier molecular flexibility index (Phi) is 7.14. The number of hydroxylamine groups is 4. The fourth-order valence-electron chi connectivity index (χ4n) is 2.66. The first-order valence-corrected chi connectivity index (χ1v) is 10.1. The Balaban J connectivity index is 2.34. The van der Waals surface area contributed by atoms with Crippen LogP contribution in [0.2, 0.25) is 0 Å². The molecule has 0 unspecified atom stereocenters. The third-order valence-corrected chi connectivity index (χ3v) is 3.90. The lowest BCUT2D eigenvalue weighted by Gasteiger charge is -2.21. The maximum Gasteiger partial charge on any atom is 0.412 e. The summed E-state index contributed by atoms with van der Waals surface area (Å²) in [5.74, 6) is -3.24. The second-order valence-corrected chi connectivity index (χ2v) is 9.30. The molecule has 1 saturated heterocycles. The Morgan fingerprint density at radius 1 is 0.818 bits per heavy atom. The van der Waals surface area contributed by atoms with E-state index in [9.17, 15) is 29.2 Å². The number of nitrogens with zero attached hydrogens (tertiary/aromatic N) is 1. The van der Waals surface area contributed by atoms with E-state index in [1.165, 1.54) is 6.07 Å². The van der Waals surface area contributed by atoms with Crippen molar-refractivity contribution in [1.29, 1.82) is 0 Å². The van der Waals surface area contributed by atoms with Crippen LogP contribution in [0.15, 0.2) is 18.2 Å². The molecule has 0 aromatic heterocycles. The molecule has 180 valence electrons. The number of hydrogen-bond acceptors (Lipinski definition) is 9. The summed E-state index contributed by atoms with van der Waals surface area (Å²) in [6.45, 7) is 9.94. The monoisotopic (exact) mass is 466 g/mol. The molecule has 1 aromatic carbocycles. The number of amides is 4. The van der Waals surface area contributed by atoms with E-state index in [2.05, 4.69) is 10.6 Å². The topological polar surface area (TPSA) is 157 Å². The number of quaternary nitrogens is 1. The van der Waals surface area contributed by atoms with Crippen molar-refractivity contribution in [3.05, 3.63) is 23.8 Å². The van der Waals surface area contributed by atoms with E-state index < -0.39 is 46.0 Å². The van der Waals surface area contributed by atoms with Crippen molar-refractivity contribution in [2.24, 2.45) is 0 Å². The Hall–Kier alpha value is -3.51. The number of carbonyl (C=O) groups is 5. The van der Waals surface area contributed by atoms with Gasteiger partial charge in [0.25, 0.3) is 0 Å². The van der Waals surface area contributed by atoms with Crippen LogP contribution in [-0.2, 0) is 23.9 Å². The molecule has 1 fully saturated rings. The highest BCUT2D eigenvalue weighted by molar-refractivity contribution is 5.97. The molecule has 12 heteroatoms. The summed E-state index contributed by atoms with van der Waals surface area (Å²) in [6.07, 6.45) is -2.25. The van der Waals surface area contributed by atoms with Crippen LogP contribution in [0.4, 0.5) is 21.0 Å². The highest BCUT2D eigenvalue weighted by atomic mass is 17.0. The fraction of sp³-hybridized carbons (Fsp3) is 0.476. The minimum absolute atomic E-state index is 0.0216. The summed E-state index contributed by atoms with van der Waals surface area (Å²) in [5, 5.41) is 15.0. The first kappa shape index (κ1) is 25.7. The van der Waals surface area contributed by atoms with Gasteiger partial charge in [-0.2, -0.15) is 5.21 Å². The Morgan fingerprint density at radius 3 is 1.58 bits per heavy atom. The van der Waals surface area contributed by atoms with Crippen LogP contribution in [0.25, 0.3) is 0 Å². The molecule has 2 rings (SSSR count). The van der Waals surface area contributed by atoms with Gasteiger partial charge in [-0.25, -0.2) is 28.8 Å². The van der Waals surface area contributed by atoms with E-state index >= 15 is 0 Å². The average Bonchev–Trinajstić information content (AvgIpc) is 2.85. The highest BCUT2D eigenvalue weighted by Gasteiger charge is 2.55. The Morgan fingerprint density at radius 2 is 1.21 bits per heavy atom. The molecule has 0 aliphatic carbocycles. The quantitative estimate of drug-likeness (QED) is 0.343. The van der Waals surface area contributed by atoms with E-state index in [4.69, 9.17) is 14.3 Å². The molecule has 3 N–H and O–H groups in total. The molecule has 0 radical (unpaired) electrons. The second kappa shape index (κ2) is 9.16. The zero-order valence-corrected chi connectivity index (χ0v) is 19.3. The summed E-state index contributed by atoms with van der Waals surface area (Å²) in [6, 6.07) is 3.63. The Bertz CT molecular complexity index is 925. The Labute approximate surface area is 190 Å². The lowest BCUT2D eigenvalue weighted by molar-refractivity contribution is -1.12. The minimum atomic E-state index is -2.11. The summed E-state index contributed by atoms with van der Waals surface area (Å²) < 4.78 is 10.3. The van der Waals surface area contributed by atoms with Crippen LogP contribution >= 0.6 is 0 Å². The first-order valence-electron chi connectivity index (χ1n) is 10.1. The number of anilines is 2. The van der Waals surface area contributed by atoms with Crippen molar-refractivity contribution in [1.82, 2.24) is 0 Å². The molecule has 33 heavy (non-hydrogen) atoms. The van der Waals surface area contributed by atoms with E-state index in [-0.39, 0.29) is 29.8 Å². The molecular formula is C21H28N3O9+. The van der Waals surface area contributed by atoms with Crippen LogP contribution < -0.4 is 10.6 Å². The number of benzene rings is 1. The molecule has 4 amide bonds. The van der Waals surface area contributed by atoms with Gasteiger partial charge in [0.1, 0.15) is 16.0 Å². The summed E-state index contributed by atoms with van der Waals surface area (Å²) in [7, 11) is 0. The number of ether oxygens (including phenoxy) is 2. The zero-order chi connectivity index (χ0) is 25.2. The van der Waals surface area contributed by atoms with Crippen LogP contribution in [0.3, 0.4) is 0 Å². The van der Waals surface area contributed by atoms with Crippen LogP contribution in [0.5, 0.6) is 0 Å². The van der Waals surface area contributed by atoms with Gasteiger partial charge in [-0.15, -0.1) is 0 Å². The molecule has 12 nitrogen and oxygen atoms in total. The summed E-state index contributed by atoms with van der Waals surface area (Å²) in [4.78, 5) is 63.3. The fourth-order valence-corrected chi connectivity index (χ4v) is 2.66. The summed E-state index contributed by atoms with van der Waals surface area (Å²) in [5.41, 5.74) is -1.85. The molecule has 0 spiro atoms. The van der Waals surface area contributed by atoms with Crippen molar-refractivity contribution in [2.75, 3.05) is 10.6 Å². The predicted octanol–water partition coefficient (Wildman–Crippen LogP) is 3.51. The third-order valence-electron chi connectivity index (χ3n) is 3.90. The highest BCUT2D eigenvalue weighted by Crippen LogP contribution is 2.25. The first-order chi connectivity index (χ1) is 15.0. The number of imide groups is 1. The van der Waals surface area contributed by atoms with Crippen LogP contribution in [0, 0.1) is 0 Å². The number of carbonyl (C=O) groups excluding carboxylic acids is 5. The van der Waals surface area contributed by atoms with Gasteiger partial charge >= 0.3 is 30.0 Å². The van der Waals surface area contributed by atoms with Gasteiger partial charge in [0.2, 0.25) is 0 Å². The number of hydrogen-bond donors (Lipinski definition) is 3. The van der Waals surface area contributed by atoms with Gasteiger partial charge in [-0.05, 0) is 59.7 Å². The van der Waals surface area contributed by atoms with E-state index in [1.54, 1.807) is 41.5 Å². The third kappa shape index (κ3) is 7.26. The van der Waals surface area contributed by atoms with Gasteiger partial charge in [-0.1, -0.05) is 0 Å². The van der Waals surface area contributed by atoms with Gasteiger partial charge < -0.3 is 9.47 Å². The number of rotatable bonds is 4. The summed E-state index contributed by atoms with van der Waals surface area (Å²) >= 11 is 0. The van der Waals surface area contributed by atoms with E-state index in [1.807, 2.05) is 0 Å². The maximum absolute atomic E-state index is 12.6. The average molecular weight is 466 g/mol. The van der Waals surface area contributed by atoms with Gasteiger partial charge in [0.15, 0.2) is 0 Å². The largest absolute Gasteiger partial charge is 0.444 e. The molecule has 1 aromatic rings. The van der Waals surface area contributed by atoms with Crippen molar-refractivity contribution in [3.8, 4) is 0 Å². The smallest absolute Gasteiger partial charge is 0.412 e. The van der Waals surface area contributed by atoms with Crippen molar-refractivity contribution in [3.63, 3.8) is 0 Å². The molecule has 1 aliphatic heterocycles. The van der Waals surface area contributed by atoms with Gasteiger partial charge in [-0.3, -0.25) is 10.6 Å². The molecule has 1 heterocycles. The maximum atomic E-state index is 12.6. The van der Waals surface area contributed by atoms with E-state index in [0.717, 1.165) is 12.1 Å². The van der Waals surface area contributed by atoms with Gasteiger partial charge in [0.05, 0.1) is 18.4 Å². The predicted molar refractivity (Wildman–Crippen MR) is 113 cm³/mol. The zero-order valence-electron chi connectivity index (χ0n) is 19.3. The second-order valence-electron chi connectivity index (χ2n) is 9.30. The van der Waals surface area contributed by atoms with Crippen LogP contribution in [0.1, 0.15) is 64.7 Å². The molecular weight excluding hydrogens is 438 g/mol. The standard InChI is InChI=1S/C21H27N3O9/c1-20(2,3)31-18(28)22-13-9-12(10-14(11-13)23-19(29)32-21(4,5)6)17(27)33-24(30)15(25)7-8-16(24)26/h9-11,30H,7-8H2,1-6H3,(H-,22,23,28,29)/p+1. The van der Waals surface area contributed by atoms with E-state index in [0.29, 0.717) is 0 Å². The van der Waals surface area contributed by atoms with Crippen molar-refractivity contribution >= 4 is 41.3 Å². The van der Waals surface area contributed by atoms with Crippen molar-refractivity contribution in [2.45, 2.75) is 65.6 Å². The normalized spacial score (nSPS) is 15.6. The lowest BCUT2D eigenvalue weighted by Crippen LogP contribution is -2.50. The molecule has 1 aliphatic rings. The SMILES string of the molecule is CC(C)(C)OC(=O)Nc1cc(NC(=O)OC(C)(C)C)cc(C(=O)O[N+]2(O)C(=O)CCC2=O)c1. The molecule has 0 atom stereocenters. The van der Waals surface area contributed by atoms with Crippen molar-refractivity contribution < 1.29 is 48.3 Å².